The van der Waals surface area contributed by atoms with Crippen LogP contribution in [-0.4, -0.2) is 49.7 Å². The van der Waals surface area contributed by atoms with Gasteiger partial charge in [-0.15, -0.1) is 0 Å². The van der Waals surface area contributed by atoms with Crippen molar-refractivity contribution >= 4 is 27.4 Å². The van der Waals surface area contributed by atoms with E-state index in [4.69, 9.17) is 4.74 Å². The van der Waals surface area contributed by atoms with Crippen molar-refractivity contribution in [3.05, 3.63) is 95.6 Å². The minimum Gasteiger partial charge on any atom is -0.366 e. The van der Waals surface area contributed by atoms with Crippen molar-refractivity contribution in [1.29, 1.82) is 0 Å². The zero-order valence-corrected chi connectivity index (χ0v) is 23.9. The van der Waals surface area contributed by atoms with Crippen LogP contribution in [0, 0.1) is 18.8 Å². The molecule has 0 aromatic heterocycles. The second-order valence-corrected chi connectivity index (χ2v) is 13.8. The minimum absolute atomic E-state index is 0.0500. The maximum absolute atomic E-state index is 14.3. The number of Topliss-reactive ketones (excluding diaryl/α,β-unsaturated/α-hetero) is 1. The van der Waals surface area contributed by atoms with Crippen molar-refractivity contribution in [3.63, 3.8) is 0 Å². The van der Waals surface area contributed by atoms with Crippen molar-refractivity contribution in [2.24, 2.45) is 11.8 Å². The summed E-state index contributed by atoms with van der Waals surface area (Å²) in [6.07, 6.45) is 1.70. The van der Waals surface area contributed by atoms with Crippen LogP contribution in [0.1, 0.15) is 48.3 Å². The number of piperidine rings is 2. The van der Waals surface area contributed by atoms with Gasteiger partial charge in [-0.05, 0) is 61.4 Å². The minimum atomic E-state index is -3.91. The fourth-order valence-corrected chi connectivity index (χ4v) is 9.35. The summed E-state index contributed by atoms with van der Waals surface area (Å²) in [6.45, 7) is 2.80. The number of rotatable bonds is 5. The standard InChI is InChI=1S/C33H34N2O5S/c1-21-11-14-24(15-12-21)41(38,39)35-28-10-6-5-9-25(28)27-18-31(36)34-19-23-13-16-30(40-20-22-7-3-2-4-8-22)33(37)26(23)17-29(34)32(27)35/h2-12,14-15,23,26-27,29-30,32H,13,16-20H2,1H3/t23-,26-,27-,29-,30+,32+/m1/s1. The summed E-state index contributed by atoms with van der Waals surface area (Å²) in [5, 5.41) is 0. The third-order valence-electron chi connectivity index (χ3n) is 9.62. The fraction of sp³-hybridized carbons (Fsp3) is 0.394. The topological polar surface area (TPSA) is 84.0 Å². The average Bonchev–Trinajstić information content (AvgIpc) is 3.32. The highest BCUT2D eigenvalue weighted by Gasteiger charge is 2.58. The van der Waals surface area contributed by atoms with Crippen LogP contribution in [0.15, 0.2) is 83.8 Å². The Labute approximate surface area is 241 Å². The lowest BCUT2D eigenvalue weighted by molar-refractivity contribution is -0.154. The van der Waals surface area contributed by atoms with E-state index >= 15 is 0 Å². The van der Waals surface area contributed by atoms with Crippen molar-refractivity contribution in [3.8, 4) is 0 Å². The molecule has 6 atom stereocenters. The van der Waals surface area contributed by atoms with Gasteiger partial charge in [0, 0.05) is 24.8 Å². The lowest BCUT2D eigenvalue weighted by Gasteiger charge is -2.53. The first-order valence-electron chi connectivity index (χ1n) is 14.5. The third-order valence-corrected chi connectivity index (χ3v) is 11.4. The number of nitrogens with zero attached hydrogens (tertiary/aromatic N) is 2. The van der Waals surface area contributed by atoms with Gasteiger partial charge in [0.1, 0.15) is 6.10 Å². The van der Waals surface area contributed by atoms with E-state index in [0.29, 0.717) is 31.7 Å². The molecule has 7 rings (SSSR count). The fourth-order valence-electron chi connectivity index (χ4n) is 7.61. The molecule has 0 unspecified atom stereocenters. The Bertz CT molecular complexity index is 1590. The monoisotopic (exact) mass is 570 g/mol. The van der Waals surface area contributed by atoms with Crippen LogP contribution >= 0.6 is 0 Å². The molecule has 3 aromatic carbocycles. The van der Waals surface area contributed by atoms with E-state index in [9.17, 15) is 18.0 Å². The molecular weight excluding hydrogens is 536 g/mol. The molecule has 212 valence electrons. The molecule has 0 N–H and O–H groups in total. The van der Waals surface area contributed by atoms with Gasteiger partial charge in [-0.1, -0.05) is 66.2 Å². The quantitative estimate of drug-likeness (QED) is 0.438. The van der Waals surface area contributed by atoms with Gasteiger partial charge in [0.15, 0.2) is 5.78 Å². The van der Waals surface area contributed by atoms with Gasteiger partial charge in [0.25, 0.3) is 10.0 Å². The Balaban J connectivity index is 1.22. The van der Waals surface area contributed by atoms with Crippen LogP contribution in [-0.2, 0) is 31.0 Å². The number of ether oxygens (including phenoxy) is 1. The number of hydrogen-bond acceptors (Lipinski definition) is 5. The number of benzene rings is 3. The number of carbonyl (C=O) groups is 2. The summed E-state index contributed by atoms with van der Waals surface area (Å²) in [7, 11) is -3.91. The summed E-state index contributed by atoms with van der Waals surface area (Å²) in [5.74, 6) is -0.295. The summed E-state index contributed by atoms with van der Waals surface area (Å²) >= 11 is 0. The van der Waals surface area contributed by atoms with Gasteiger partial charge in [-0.25, -0.2) is 8.42 Å². The number of aryl methyl sites for hydroxylation is 1. The summed E-state index contributed by atoms with van der Waals surface area (Å²) in [6, 6.07) is 23.5. The summed E-state index contributed by atoms with van der Waals surface area (Å²) in [4.78, 5) is 29.5. The molecule has 0 radical (unpaired) electrons. The van der Waals surface area contributed by atoms with E-state index in [1.54, 1.807) is 16.4 Å². The van der Waals surface area contributed by atoms with E-state index in [1.807, 2.05) is 78.6 Å². The van der Waals surface area contributed by atoms with E-state index in [-0.39, 0.29) is 46.8 Å². The van der Waals surface area contributed by atoms with Crippen LogP contribution in [0.4, 0.5) is 5.69 Å². The Morgan fingerprint density at radius 3 is 2.39 bits per heavy atom. The van der Waals surface area contributed by atoms with E-state index in [1.165, 1.54) is 0 Å². The van der Waals surface area contributed by atoms with Gasteiger partial charge in [0.05, 0.1) is 29.3 Å². The first-order valence-corrected chi connectivity index (χ1v) is 16.0. The molecule has 1 amide bonds. The Morgan fingerprint density at radius 2 is 1.61 bits per heavy atom. The van der Waals surface area contributed by atoms with Gasteiger partial charge in [-0.2, -0.15) is 0 Å². The predicted octanol–water partition coefficient (Wildman–Crippen LogP) is 4.84. The number of para-hydroxylation sites is 1. The lowest BCUT2D eigenvalue weighted by Crippen LogP contribution is -2.65. The number of ketones is 1. The number of anilines is 1. The number of carbonyl (C=O) groups excluding carboxylic acids is 2. The smallest absolute Gasteiger partial charge is 0.264 e. The molecule has 3 fully saturated rings. The Kier molecular flexibility index (Phi) is 6.51. The van der Waals surface area contributed by atoms with Gasteiger partial charge < -0.3 is 9.64 Å². The van der Waals surface area contributed by atoms with Crippen molar-refractivity contribution in [2.45, 2.75) is 68.2 Å². The lowest BCUT2D eigenvalue weighted by atomic mass is 9.67. The molecular formula is C33H34N2O5S. The van der Waals surface area contributed by atoms with Gasteiger partial charge in [0.2, 0.25) is 5.91 Å². The van der Waals surface area contributed by atoms with Gasteiger partial charge in [-0.3, -0.25) is 13.9 Å². The zero-order valence-electron chi connectivity index (χ0n) is 23.1. The molecule has 2 saturated heterocycles. The van der Waals surface area contributed by atoms with Crippen LogP contribution < -0.4 is 4.31 Å². The molecule has 7 nitrogen and oxygen atoms in total. The number of hydrogen-bond donors (Lipinski definition) is 0. The van der Waals surface area contributed by atoms with Crippen molar-refractivity contribution < 1.29 is 22.7 Å². The maximum atomic E-state index is 14.3. The highest BCUT2D eigenvalue weighted by atomic mass is 32.2. The Hall–Kier alpha value is -3.49. The maximum Gasteiger partial charge on any atom is 0.264 e. The number of fused-ring (bicyclic) bond motifs is 6. The summed E-state index contributed by atoms with van der Waals surface area (Å²) in [5.41, 5.74) is 3.54. The molecule has 3 aromatic rings. The third kappa shape index (κ3) is 4.39. The van der Waals surface area contributed by atoms with E-state index in [2.05, 4.69) is 0 Å². The van der Waals surface area contributed by atoms with Crippen LogP contribution in [0.3, 0.4) is 0 Å². The second-order valence-electron chi connectivity index (χ2n) is 12.0. The van der Waals surface area contributed by atoms with Crippen molar-refractivity contribution in [2.75, 3.05) is 10.8 Å². The molecule has 41 heavy (non-hydrogen) atoms. The Morgan fingerprint density at radius 1 is 0.878 bits per heavy atom. The molecule has 1 aliphatic carbocycles. The van der Waals surface area contributed by atoms with Crippen LogP contribution in [0.25, 0.3) is 0 Å². The molecule has 4 aliphatic rings. The zero-order chi connectivity index (χ0) is 28.3. The molecule has 3 heterocycles. The molecule has 0 bridgehead atoms. The second kappa shape index (κ2) is 10.1. The highest BCUT2D eigenvalue weighted by molar-refractivity contribution is 7.92. The average molecular weight is 571 g/mol. The first-order chi connectivity index (χ1) is 19.8. The predicted molar refractivity (Wildman–Crippen MR) is 155 cm³/mol. The molecule has 1 saturated carbocycles. The van der Waals surface area contributed by atoms with Crippen molar-refractivity contribution in [1.82, 2.24) is 4.90 Å². The van der Waals surface area contributed by atoms with Crippen LogP contribution in [0.5, 0.6) is 0 Å². The number of sulfonamides is 1. The number of amides is 1. The molecule has 8 heteroatoms. The normalized spacial score (nSPS) is 29.0. The molecule has 0 spiro atoms. The van der Waals surface area contributed by atoms with Crippen LogP contribution in [0.2, 0.25) is 0 Å². The SMILES string of the molecule is Cc1ccc(S(=O)(=O)N2c3ccccc3[C@H]3CC(=O)N4C[C@H]5CC[C@H](OCc6ccccc6)C(=O)[C@@H]5C[C@@H]4[C@H]32)cc1. The largest absolute Gasteiger partial charge is 0.366 e. The molecule has 3 aliphatic heterocycles. The van der Waals surface area contributed by atoms with E-state index < -0.39 is 22.2 Å². The highest BCUT2D eigenvalue weighted by Crippen LogP contribution is 2.53. The van der Waals surface area contributed by atoms with Gasteiger partial charge >= 0.3 is 0 Å². The summed E-state index contributed by atoms with van der Waals surface area (Å²) < 4.78 is 36.2. The first kappa shape index (κ1) is 26.4. The van der Waals surface area contributed by atoms with E-state index in [0.717, 1.165) is 23.1 Å².